The van der Waals surface area contributed by atoms with E-state index in [0.29, 0.717) is 17.5 Å². The van der Waals surface area contributed by atoms with Crippen LogP contribution < -0.4 is 0 Å². The quantitative estimate of drug-likeness (QED) is 0.171. The smallest absolute Gasteiger partial charge is 0.164 e. The number of nitrogens with zero attached hydrogens (tertiary/aromatic N) is 3. The summed E-state index contributed by atoms with van der Waals surface area (Å²) in [4.78, 5) is 15.2. The van der Waals surface area contributed by atoms with Crippen LogP contribution in [-0.4, -0.2) is 15.0 Å². The van der Waals surface area contributed by atoms with Gasteiger partial charge in [-0.3, -0.25) is 0 Å². The lowest BCUT2D eigenvalue weighted by Gasteiger charge is -2.10. The van der Waals surface area contributed by atoms with E-state index in [-0.39, 0.29) is 0 Å². The van der Waals surface area contributed by atoms with Crippen molar-refractivity contribution in [2.24, 2.45) is 0 Å². The molecule has 262 valence electrons. The van der Waals surface area contributed by atoms with E-state index in [1.165, 1.54) is 25.7 Å². The molecule has 0 spiro atoms. The first-order valence-corrected chi connectivity index (χ1v) is 19.5. The van der Waals surface area contributed by atoms with Crippen molar-refractivity contribution in [3.8, 4) is 67.5 Å². The Bertz CT molecular complexity index is 3120. The molecule has 3 heterocycles. The molecule has 0 unspecified atom stereocenters. The van der Waals surface area contributed by atoms with Crippen molar-refractivity contribution in [3.05, 3.63) is 188 Å². The van der Waals surface area contributed by atoms with Gasteiger partial charge in [-0.1, -0.05) is 158 Å². The number of benzene rings is 8. The Hall–Kier alpha value is -7.21. The fourth-order valence-corrected chi connectivity index (χ4v) is 8.94. The van der Waals surface area contributed by atoms with E-state index in [2.05, 4.69) is 176 Å². The van der Waals surface area contributed by atoms with Crippen LogP contribution in [0.15, 0.2) is 192 Å². The van der Waals surface area contributed by atoms with Gasteiger partial charge in [0.2, 0.25) is 0 Å². The number of hydrogen-bond acceptors (Lipinski definition) is 5. The molecule has 0 atom stereocenters. The van der Waals surface area contributed by atoms with Crippen molar-refractivity contribution >= 4 is 53.4 Å². The number of hydrogen-bond donors (Lipinski definition) is 0. The molecular formula is C51H31N3OS. The molecular weight excluding hydrogens is 703 g/mol. The molecule has 0 radical (unpaired) electrons. The van der Waals surface area contributed by atoms with Gasteiger partial charge in [0.15, 0.2) is 17.5 Å². The summed E-state index contributed by atoms with van der Waals surface area (Å²) in [6.45, 7) is 0. The minimum atomic E-state index is 0.587. The Morgan fingerprint density at radius 1 is 0.321 bits per heavy atom. The SMILES string of the molecule is c1ccc(-c2ccc(-c3nc(-c4ccc(-c5ccccc5)cc4)nc(-c4ccc5c(c4)oc4cc(-c6cccc7c6sc6ccccc67)ccc45)n3)cc2)cc1. The molecule has 56 heavy (non-hydrogen) atoms. The van der Waals surface area contributed by atoms with Crippen molar-refractivity contribution in [2.75, 3.05) is 0 Å². The first-order chi connectivity index (χ1) is 27.7. The molecule has 0 bridgehead atoms. The normalized spacial score (nSPS) is 11.6. The highest BCUT2D eigenvalue weighted by Gasteiger charge is 2.17. The predicted molar refractivity (Wildman–Crippen MR) is 233 cm³/mol. The van der Waals surface area contributed by atoms with Gasteiger partial charge in [0.05, 0.1) is 0 Å². The zero-order valence-electron chi connectivity index (χ0n) is 30.1. The Labute approximate surface area is 327 Å². The van der Waals surface area contributed by atoms with Gasteiger partial charge in [-0.25, -0.2) is 15.0 Å². The zero-order chi connectivity index (χ0) is 37.0. The Balaban J connectivity index is 1.00. The molecule has 0 fully saturated rings. The fourth-order valence-electron chi connectivity index (χ4n) is 7.71. The van der Waals surface area contributed by atoms with E-state index in [0.717, 1.165) is 66.4 Å². The molecule has 0 saturated carbocycles. The lowest BCUT2D eigenvalue weighted by molar-refractivity contribution is 0.669. The third-order valence-corrected chi connectivity index (χ3v) is 11.8. The maximum Gasteiger partial charge on any atom is 0.164 e. The van der Waals surface area contributed by atoms with Crippen LogP contribution >= 0.6 is 11.3 Å². The zero-order valence-corrected chi connectivity index (χ0v) is 30.9. The Morgan fingerprint density at radius 3 is 1.38 bits per heavy atom. The average molecular weight is 734 g/mol. The van der Waals surface area contributed by atoms with Crippen LogP contribution in [0.5, 0.6) is 0 Å². The molecule has 3 aromatic heterocycles. The summed E-state index contributed by atoms with van der Waals surface area (Å²) in [7, 11) is 0. The highest BCUT2D eigenvalue weighted by atomic mass is 32.1. The molecule has 4 nitrogen and oxygen atoms in total. The van der Waals surface area contributed by atoms with Crippen LogP contribution in [0.4, 0.5) is 0 Å². The number of furan rings is 1. The van der Waals surface area contributed by atoms with Crippen molar-refractivity contribution in [3.63, 3.8) is 0 Å². The molecule has 8 aromatic carbocycles. The number of rotatable bonds is 6. The predicted octanol–water partition coefficient (Wildman–Crippen LogP) is 14.1. The molecule has 0 amide bonds. The maximum absolute atomic E-state index is 6.62. The highest BCUT2D eigenvalue weighted by molar-refractivity contribution is 7.26. The van der Waals surface area contributed by atoms with Gasteiger partial charge in [0.25, 0.3) is 0 Å². The summed E-state index contributed by atoms with van der Waals surface area (Å²) in [6.07, 6.45) is 0. The first kappa shape index (κ1) is 32.2. The van der Waals surface area contributed by atoms with E-state index >= 15 is 0 Å². The molecule has 0 saturated heterocycles. The summed E-state index contributed by atoms with van der Waals surface area (Å²) in [5.74, 6) is 1.81. The standard InChI is InChI=1S/C51H31N3OS/c1-3-10-32(11-4-1)34-18-22-36(23-19-34)49-52-50(37-24-20-35(21-25-37)33-12-5-2-6-13-33)54-51(53-49)39-27-29-42-41-28-26-38(30-45(41)55-46(42)31-39)40-15-9-16-44-43-14-7-8-17-47(43)56-48(40)44/h1-31H. The van der Waals surface area contributed by atoms with Gasteiger partial charge in [0, 0.05) is 47.6 Å². The van der Waals surface area contributed by atoms with Gasteiger partial charge in [-0.05, 0) is 63.7 Å². The number of aromatic nitrogens is 3. The summed E-state index contributed by atoms with van der Waals surface area (Å²) in [6, 6.07) is 65.6. The van der Waals surface area contributed by atoms with Crippen molar-refractivity contribution in [2.45, 2.75) is 0 Å². The lowest BCUT2D eigenvalue weighted by atomic mass is 10.0. The van der Waals surface area contributed by atoms with E-state index in [4.69, 9.17) is 19.4 Å². The molecule has 0 aliphatic carbocycles. The summed E-state index contributed by atoms with van der Waals surface area (Å²) < 4.78 is 9.21. The molecule has 11 rings (SSSR count). The van der Waals surface area contributed by atoms with E-state index in [1.54, 1.807) is 0 Å². The summed E-state index contributed by atoms with van der Waals surface area (Å²) in [5, 5.41) is 4.71. The topological polar surface area (TPSA) is 51.8 Å². The molecule has 0 aliphatic heterocycles. The van der Waals surface area contributed by atoms with Crippen molar-refractivity contribution in [1.82, 2.24) is 15.0 Å². The monoisotopic (exact) mass is 733 g/mol. The average Bonchev–Trinajstić information content (AvgIpc) is 3.85. The fraction of sp³-hybridized carbons (Fsp3) is 0. The number of thiophene rings is 1. The van der Waals surface area contributed by atoms with Gasteiger partial charge < -0.3 is 4.42 Å². The van der Waals surface area contributed by atoms with Crippen LogP contribution in [0.3, 0.4) is 0 Å². The van der Waals surface area contributed by atoms with Gasteiger partial charge in [0.1, 0.15) is 11.2 Å². The van der Waals surface area contributed by atoms with Crippen molar-refractivity contribution in [1.29, 1.82) is 0 Å². The van der Waals surface area contributed by atoms with E-state index in [9.17, 15) is 0 Å². The Kier molecular flexibility index (Phi) is 7.64. The first-order valence-electron chi connectivity index (χ1n) is 18.7. The second kappa shape index (κ2) is 13.3. The van der Waals surface area contributed by atoms with Gasteiger partial charge >= 0.3 is 0 Å². The largest absolute Gasteiger partial charge is 0.456 e. The van der Waals surface area contributed by atoms with E-state index < -0.39 is 0 Å². The summed E-state index contributed by atoms with van der Waals surface area (Å²) >= 11 is 1.84. The van der Waals surface area contributed by atoms with Crippen LogP contribution in [0.2, 0.25) is 0 Å². The summed E-state index contributed by atoms with van der Waals surface area (Å²) in [5.41, 5.74) is 11.3. The van der Waals surface area contributed by atoms with Gasteiger partial charge in [-0.15, -0.1) is 11.3 Å². The molecule has 0 N–H and O–H groups in total. The number of fused-ring (bicyclic) bond motifs is 6. The minimum absolute atomic E-state index is 0.587. The van der Waals surface area contributed by atoms with Crippen LogP contribution in [0.25, 0.3) is 110 Å². The second-order valence-electron chi connectivity index (χ2n) is 14.0. The van der Waals surface area contributed by atoms with Crippen LogP contribution in [-0.2, 0) is 0 Å². The van der Waals surface area contributed by atoms with Crippen LogP contribution in [0, 0.1) is 0 Å². The second-order valence-corrected chi connectivity index (χ2v) is 15.0. The third kappa shape index (κ3) is 5.65. The maximum atomic E-state index is 6.62. The lowest BCUT2D eigenvalue weighted by Crippen LogP contribution is -2.00. The highest BCUT2D eigenvalue weighted by Crippen LogP contribution is 2.41. The molecule has 0 aliphatic rings. The minimum Gasteiger partial charge on any atom is -0.456 e. The molecule has 11 aromatic rings. The van der Waals surface area contributed by atoms with Crippen LogP contribution in [0.1, 0.15) is 0 Å². The molecule has 5 heteroatoms. The van der Waals surface area contributed by atoms with Gasteiger partial charge in [-0.2, -0.15) is 0 Å². The Morgan fingerprint density at radius 2 is 0.768 bits per heavy atom. The van der Waals surface area contributed by atoms with E-state index in [1.807, 2.05) is 23.5 Å². The third-order valence-electron chi connectivity index (χ3n) is 10.6. The van der Waals surface area contributed by atoms with Crippen molar-refractivity contribution < 1.29 is 4.42 Å².